The maximum Gasteiger partial charge on any atom is 0.416 e. The number of aromatic nitrogens is 6. The molecule has 0 radical (unpaired) electrons. The summed E-state index contributed by atoms with van der Waals surface area (Å²) in [6.07, 6.45) is 4.69. The van der Waals surface area contributed by atoms with Gasteiger partial charge in [-0.15, -0.1) is 24.8 Å². The third kappa shape index (κ3) is 7.16. The van der Waals surface area contributed by atoms with Crippen molar-refractivity contribution in [1.82, 2.24) is 29.5 Å². The molecular formula is C27H23Cl2F3N8O. The zero-order valence-corrected chi connectivity index (χ0v) is 23.2. The normalized spacial score (nSPS) is 10.8. The number of benzene rings is 2. The second-order valence-electron chi connectivity index (χ2n) is 8.58. The maximum atomic E-state index is 13.6. The van der Waals surface area contributed by atoms with Crippen molar-refractivity contribution in [3.05, 3.63) is 102 Å². The molecule has 0 aliphatic carbocycles. The third-order valence-corrected chi connectivity index (χ3v) is 5.83. The van der Waals surface area contributed by atoms with Crippen LogP contribution in [0.4, 0.5) is 30.5 Å². The van der Waals surface area contributed by atoms with Gasteiger partial charge in [0.25, 0.3) is 5.91 Å². The Balaban J connectivity index is 0.00000231. The highest BCUT2D eigenvalue weighted by Gasteiger charge is 2.31. The van der Waals surface area contributed by atoms with Crippen LogP contribution in [0.25, 0.3) is 17.1 Å². The van der Waals surface area contributed by atoms with Gasteiger partial charge >= 0.3 is 6.18 Å². The number of carbonyl (C=O) groups is 1. The highest BCUT2D eigenvalue weighted by atomic mass is 35.5. The number of hydrogen-bond acceptors (Lipinski definition) is 7. The molecule has 41 heavy (non-hydrogen) atoms. The number of rotatable bonds is 6. The predicted molar refractivity (Wildman–Crippen MR) is 153 cm³/mol. The van der Waals surface area contributed by atoms with Crippen molar-refractivity contribution in [3.63, 3.8) is 0 Å². The highest BCUT2D eigenvalue weighted by Crippen LogP contribution is 2.33. The minimum absolute atomic E-state index is 0. The Labute approximate surface area is 245 Å². The topological polar surface area (TPSA) is 111 Å². The first-order valence-corrected chi connectivity index (χ1v) is 11.7. The van der Waals surface area contributed by atoms with E-state index in [1.165, 1.54) is 16.8 Å². The summed E-state index contributed by atoms with van der Waals surface area (Å²) in [5, 5.41) is 5.68. The molecule has 5 aromatic rings. The first kappa shape index (κ1) is 31.0. The van der Waals surface area contributed by atoms with Crippen molar-refractivity contribution >= 4 is 48.0 Å². The van der Waals surface area contributed by atoms with E-state index in [-0.39, 0.29) is 47.7 Å². The van der Waals surface area contributed by atoms with Crippen molar-refractivity contribution in [1.29, 1.82) is 0 Å². The lowest BCUT2D eigenvalue weighted by Crippen LogP contribution is -2.15. The first-order valence-electron chi connectivity index (χ1n) is 11.7. The standard InChI is InChI=1S/C27H21F3N8O.2ClH/c1-16-3-4-18(11-23(16)37-26-34-6-5-22(36-26)24-15-31-7-8-33-24)25(39)35-20-12-19(27(28,29)30)13-21(14-20)38-10-9-32-17(38)2;;/h3-15H,1-2H3,(H,35,39)(H,34,36,37);2*1H. The Hall–Kier alpha value is -4.55. The lowest BCUT2D eigenvalue weighted by atomic mass is 10.1. The molecule has 0 saturated heterocycles. The van der Waals surface area contributed by atoms with E-state index in [1.54, 1.807) is 62.2 Å². The van der Waals surface area contributed by atoms with Gasteiger partial charge in [0.1, 0.15) is 11.5 Å². The van der Waals surface area contributed by atoms with Crippen molar-refractivity contribution < 1.29 is 18.0 Å². The molecule has 5 rings (SSSR count). The number of halogens is 5. The van der Waals surface area contributed by atoms with Gasteiger partial charge in [-0.1, -0.05) is 6.07 Å². The number of anilines is 3. The van der Waals surface area contributed by atoms with E-state index in [9.17, 15) is 18.0 Å². The summed E-state index contributed by atoms with van der Waals surface area (Å²) in [5.41, 5.74) is 2.03. The first-order chi connectivity index (χ1) is 18.7. The van der Waals surface area contributed by atoms with E-state index in [2.05, 4.69) is 35.6 Å². The van der Waals surface area contributed by atoms with Crippen LogP contribution in [0, 0.1) is 13.8 Å². The lowest BCUT2D eigenvalue weighted by molar-refractivity contribution is -0.137. The molecule has 1 amide bonds. The fourth-order valence-electron chi connectivity index (χ4n) is 3.85. The smallest absolute Gasteiger partial charge is 0.324 e. The van der Waals surface area contributed by atoms with E-state index in [4.69, 9.17) is 0 Å². The van der Waals surface area contributed by atoms with Crippen LogP contribution in [-0.4, -0.2) is 35.4 Å². The molecule has 0 bridgehead atoms. The second kappa shape index (κ2) is 12.7. The highest BCUT2D eigenvalue weighted by molar-refractivity contribution is 6.05. The largest absolute Gasteiger partial charge is 0.416 e. The Bertz CT molecular complexity index is 1660. The lowest BCUT2D eigenvalue weighted by Gasteiger charge is -2.15. The van der Waals surface area contributed by atoms with Gasteiger partial charge in [0.2, 0.25) is 5.95 Å². The van der Waals surface area contributed by atoms with Crippen LogP contribution in [0.2, 0.25) is 0 Å². The second-order valence-corrected chi connectivity index (χ2v) is 8.58. The van der Waals surface area contributed by atoms with Crippen molar-refractivity contribution in [2.45, 2.75) is 20.0 Å². The molecule has 9 nitrogen and oxygen atoms in total. The number of carbonyl (C=O) groups excluding carboxylic acids is 1. The number of alkyl halides is 3. The summed E-state index contributed by atoms with van der Waals surface area (Å²) in [4.78, 5) is 34.1. The van der Waals surface area contributed by atoms with Gasteiger partial charge in [0, 0.05) is 53.6 Å². The van der Waals surface area contributed by atoms with Crippen molar-refractivity contribution in [2.24, 2.45) is 0 Å². The Morgan fingerprint density at radius 2 is 1.68 bits per heavy atom. The molecule has 0 unspecified atom stereocenters. The molecule has 3 aromatic heterocycles. The minimum Gasteiger partial charge on any atom is -0.324 e. The van der Waals surface area contributed by atoms with Crippen LogP contribution in [0.15, 0.2) is 79.6 Å². The summed E-state index contributed by atoms with van der Waals surface area (Å²) in [6, 6.07) is 9.94. The summed E-state index contributed by atoms with van der Waals surface area (Å²) in [6.45, 7) is 3.51. The number of nitrogens with zero attached hydrogens (tertiary/aromatic N) is 6. The Kier molecular flexibility index (Phi) is 9.63. The fourth-order valence-corrected chi connectivity index (χ4v) is 3.85. The minimum atomic E-state index is -4.61. The molecule has 0 atom stereocenters. The third-order valence-electron chi connectivity index (χ3n) is 5.83. The van der Waals surface area contributed by atoms with E-state index < -0.39 is 17.6 Å². The fraction of sp³-hybridized carbons (Fsp3) is 0.111. The van der Waals surface area contributed by atoms with Crippen LogP contribution in [0.5, 0.6) is 0 Å². The monoisotopic (exact) mass is 602 g/mol. The van der Waals surface area contributed by atoms with Crippen LogP contribution in [0.3, 0.4) is 0 Å². The van der Waals surface area contributed by atoms with Gasteiger partial charge < -0.3 is 15.2 Å². The molecule has 3 heterocycles. The van der Waals surface area contributed by atoms with Crippen LogP contribution in [0.1, 0.15) is 27.3 Å². The molecule has 0 aliphatic rings. The molecule has 14 heteroatoms. The predicted octanol–water partition coefficient (Wildman–Crippen LogP) is 6.59. The molecular weight excluding hydrogens is 580 g/mol. The summed E-state index contributed by atoms with van der Waals surface area (Å²) < 4.78 is 42.4. The Morgan fingerprint density at radius 1 is 0.878 bits per heavy atom. The van der Waals surface area contributed by atoms with Gasteiger partial charge in [-0.05, 0) is 55.8 Å². The van der Waals surface area contributed by atoms with Crippen molar-refractivity contribution in [3.8, 4) is 17.1 Å². The van der Waals surface area contributed by atoms with E-state index in [0.29, 0.717) is 22.9 Å². The van der Waals surface area contributed by atoms with Crippen LogP contribution in [-0.2, 0) is 6.18 Å². The Morgan fingerprint density at radius 3 is 2.37 bits per heavy atom. The summed E-state index contributed by atoms with van der Waals surface area (Å²) in [7, 11) is 0. The molecule has 0 spiro atoms. The molecule has 2 aromatic carbocycles. The number of nitrogens with one attached hydrogen (secondary N) is 2. The van der Waals surface area contributed by atoms with E-state index >= 15 is 0 Å². The maximum absolute atomic E-state index is 13.6. The van der Waals surface area contributed by atoms with E-state index in [1.807, 2.05) is 6.92 Å². The SMILES string of the molecule is Cc1ccc(C(=O)Nc2cc(-n3ccnc3C)cc(C(F)(F)F)c2)cc1Nc1nccc(-c2cnccn2)n1.Cl.Cl. The van der Waals surface area contributed by atoms with Gasteiger partial charge in [-0.3, -0.25) is 14.8 Å². The molecule has 0 aliphatic heterocycles. The number of aryl methyl sites for hydroxylation is 2. The average molecular weight is 603 g/mol. The zero-order chi connectivity index (χ0) is 27.6. The van der Waals surface area contributed by atoms with E-state index in [0.717, 1.165) is 17.7 Å². The molecule has 2 N–H and O–H groups in total. The average Bonchev–Trinajstić information content (AvgIpc) is 3.35. The summed E-state index contributed by atoms with van der Waals surface area (Å²) >= 11 is 0. The molecule has 212 valence electrons. The van der Waals surface area contributed by atoms with Gasteiger partial charge in [-0.25, -0.2) is 15.0 Å². The number of imidazole rings is 1. The van der Waals surface area contributed by atoms with Crippen molar-refractivity contribution in [2.75, 3.05) is 10.6 Å². The zero-order valence-electron chi connectivity index (χ0n) is 21.5. The van der Waals surface area contributed by atoms with Crippen LogP contribution >= 0.6 is 24.8 Å². The molecule has 0 fully saturated rings. The number of hydrogen-bond donors (Lipinski definition) is 2. The summed E-state index contributed by atoms with van der Waals surface area (Å²) in [5.74, 6) is 0.198. The quantitative estimate of drug-likeness (QED) is 0.225. The van der Waals surface area contributed by atoms with Gasteiger partial charge in [0.05, 0.1) is 17.5 Å². The van der Waals surface area contributed by atoms with Gasteiger partial charge in [0.15, 0.2) is 0 Å². The molecule has 0 saturated carbocycles. The van der Waals surface area contributed by atoms with Gasteiger partial charge in [-0.2, -0.15) is 13.2 Å². The van der Waals surface area contributed by atoms with Crippen LogP contribution < -0.4 is 10.6 Å². The number of amides is 1.